The minimum absolute atomic E-state index is 0.197. The minimum atomic E-state index is -0.643. The molecule has 0 radical (unpaired) electrons. The van der Waals surface area contributed by atoms with Crippen LogP contribution in [0.25, 0.3) is 0 Å². The molecule has 116 valence electrons. The van der Waals surface area contributed by atoms with Gasteiger partial charge in [0, 0.05) is 12.5 Å². The topological polar surface area (TPSA) is 67.4 Å². The molecule has 1 rings (SSSR count). The number of hydrogen-bond acceptors (Lipinski definition) is 3. The van der Waals surface area contributed by atoms with Crippen LogP contribution in [0.1, 0.15) is 38.8 Å². The summed E-state index contributed by atoms with van der Waals surface area (Å²) in [4.78, 5) is 23.2. The Balaban J connectivity index is 2.72. The van der Waals surface area contributed by atoms with Gasteiger partial charge < -0.3 is 15.4 Å². The molecule has 1 aromatic carbocycles. The lowest BCUT2D eigenvalue weighted by Crippen LogP contribution is -2.45. The molecule has 0 saturated heterocycles. The van der Waals surface area contributed by atoms with Crippen LogP contribution in [0.5, 0.6) is 5.75 Å². The average Bonchev–Trinajstić information content (AvgIpc) is 2.45. The first-order valence-electron chi connectivity index (χ1n) is 6.81. The highest BCUT2D eigenvalue weighted by atomic mass is 19.1. The summed E-state index contributed by atoms with van der Waals surface area (Å²) in [6, 6.07) is 3.22. The van der Waals surface area contributed by atoms with Gasteiger partial charge in [-0.25, -0.2) is 4.39 Å². The number of amides is 2. The lowest BCUT2D eigenvalue weighted by molar-refractivity contribution is -0.128. The SMILES string of the molecule is CCC(=O)N[C@H](C)C(=O)N[C@H](C)c1cc(F)cc(OC)c1. The van der Waals surface area contributed by atoms with Gasteiger partial charge in [0.25, 0.3) is 0 Å². The van der Waals surface area contributed by atoms with Crippen LogP contribution in [0.4, 0.5) is 4.39 Å². The van der Waals surface area contributed by atoms with Crippen molar-refractivity contribution in [2.24, 2.45) is 0 Å². The number of rotatable bonds is 6. The van der Waals surface area contributed by atoms with Gasteiger partial charge in [0.1, 0.15) is 17.6 Å². The molecule has 0 unspecified atom stereocenters. The van der Waals surface area contributed by atoms with Crippen LogP contribution in [-0.2, 0) is 9.59 Å². The van der Waals surface area contributed by atoms with Gasteiger partial charge >= 0.3 is 0 Å². The second kappa shape index (κ2) is 7.61. The second-order valence-electron chi connectivity index (χ2n) is 4.80. The highest BCUT2D eigenvalue weighted by Crippen LogP contribution is 2.21. The van der Waals surface area contributed by atoms with E-state index >= 15 is 0 Å². The average molecular weight is 296 g/mol. The maximum atomic E-state index is 13.4. The van der Waals surface area contributed by atoms with Crippen molar-refractivity contribution in [2.75, 3.05) is 7.11 Å². The van der Waals surface area contributed by atoms with Gasteiger partial charge in [0.05, 0.1) is 13.2 Å². The molecule has 6 heteroatoms. The third-order valence-electron chi connectivity index (χ3n) is 3.08. The summed E-state index contributed by atoms with van der Waals surface area (Å²) >= 11 is 0. The maximum absolute atomic E-state index is 13.4. The molecule has 0 bridgehead atoms. The van der Waals surface area contributed by atoms with E-state index in [1.165, 1.54) is 19.2 Å². The van der Waals surface area contributed by atoms with Gasteiger partial charge in [-0.15, -0.1) is 0 Å². The van der Waals surface area contributed by atoms with Crippen molar-refractivity contribution in [3.8, 4) is 5.75 Å². The number of carbonyl (C=O) groups is 2. The number of hydrogen-bond donors (Lipinski definition) is 2. The Morgan fingerprint density at radius 2 is 1.90 bits per heavy atom. The Labute approximate surface area is 123 Å². The Morgan fingerprint density at radius 3 is 2.48 bits per heavy atom. The highest BCUT2D eigenvalue weighted by Gasteiger charge is 2.18. The largest absolute Gasteiger partial charge is 0.497 e. The zero-order valence-corrected chi connectivity index (χ0v) is 12.7. The fourth-order valence-corrected chi connectivity index (χ4v) is 1.78. The predicted molar refractivity (Wildman–Crippen MR) is 77.4 cm³/mol. The predicted octanol–water partition coefficient (Wildman–Crippen LogP) is 1.93. The normalized spacial score (nSPS) is 13.2. The lowest BCUT2D eigenvalue weighted by Gasteiger charge is -2.19. The number of ether oxygens (including phenoxy) is 1. The maximum Gasteiger partial charge on any atom is 0.242 e. The molecule has 2 N–H and O–H groups in total. The highest BCUT2D eigenvalue weighted by molar-refractivity contribution is 5.87. The Morgan fingerprint density at radius 1 is 1.24 bits per heavy atom. The van der Waals surface area contributed by atoms with Gasteiger partial charge in [-0.2, -0.15) is 0 Å². The van der Waals surface area contributed by atoms with E-state index in [1.54, 1.807) is 26.8 Å². The Bertz CT molecular complexity index is 520. The van der Waals surface area contributed by atoms with E-state index in [4.69, 9.17) is 4.74 Å². The van der Waals surface area contributed by atoms with Crippen molar-refractivity contribution in [1.82, 2.24) is 10.6 Å². The number of benzene rings is 1. The van der Waals surface area contributed by atoms with E-state index in [2.05, 4.69) is 10.6 Å². The van der Waals surface area contributed by atoms with Gasteiger partial charge in [0.2, 0.25) is 11.8 Å². The van der Waals surface area contributed by atoms with E-state index in [9.17, 15) is 14.0 Å². The minimum Gasteiger partial charge on any atom is -0.497 e. The van der Waals surface area contributed by atoms with Crippen LogP contribution >= 0.6 is 0 Å². The van der Waals surface area contributed by atoms with E-state index in [0.29, 0.717) is 17.7 Å². The number of carbonyl (C=O) groups excluding carboxylic acids is 2. The van der Waals surface area contributed by atoms with Gasteiger partial charge in [-0.05, 0) is 31.5 Å². The first-order chi connectivity index (χ1) is 9.87. The molecule has 1 aromatic rings. The van der Waals surface area contributed by atoms with Crippen molar-refractivity contribution >= 4 is 11.8 Å². The fourth-order valence-electron chi connectivity index (χ4n) is 1.78. The summed E-state index contributed by atoms with van der Waals surface area (Å²) in [5, 5.41) is 5.30. The smallest absolute Gasteiger partial charge is 0.242 e. The second-order valence-corrected chi connectivity index (χ2v) is 4.80. The lowest BCUT2D eigenvalue weighted by atomic mass is 10.1. The summed E-state index contributed by atoms with van der Waals surface area (Å²) < 4.78 is 18.4. The van der Waals surface area contributed by atoms with Crippen molar-refractivity contribution in [1.29, 1.82) is 0 Å². The standard InChI is InChI=1S/C15H21FN2O3/c1-5-14(19)17-10(3)15(20)18-9(2)11-6-12(16)8-13(7-11)21-4/h6-10H,5H2,1-4H3,(H,17,19)(H,18,20)/t9-,10-/m1/s1. The van der Waals surface area contributed by atoms with Crippen LogP contribution in [0, 0.1) is 5.82 Å². The van der Waals surface area contributed by atoms with Crippen LogP contribution in [0.15, 0.2) is 18.2 Å². The van der Waals surface area contributed by atoms with Crippen LogP contribution < -0.4 is 15.4 Å². The molecule has 0 saturated carbocycles. The summed E-state index contributed by atoms with van der Waals surface area (Å²) in [5.74, 6) is -0.568. The van der Waals surface area contributed by atoms with E-state index < -0.39 is 17.9 Å². The molecule has 0 aromatic heterocycles. The number of halogens is 1. The Hall–Kier alpha value is -2.11. The molecule has 0 aliphatic rings. The van der Waals surface area contributed by atoms with E-state index in [-0.39, 0.29) is 11.8 Å². The molecule has 0 spiro atoms. The van der Waals surface area contributed by atoms with Gasteiger partial charge in [-0.3, -0.25) is 9.59 Å². The first kappa shape index (κ1) is 16.9. The molecule has 2 atom stereocenters. The van der Waals surface area contributed by atoms with Crippen molar-refractivity contribution in [3.63, 3.8) is 0 Å². The molecular weight excluding hydrogens is 275 g/mol. The number of nitrogens with one attached hydrogen (secondary N) is 2. The zero-order valence-electron chi connectivity index (χ0n) is 12.7. The zero-order chi connectivity index (χ0) is 16.0. The number of methoxy groups -OCH3 is 1. The summed E-state index contributed by atoms with van der Waals surface area (Å²) in [5.41, 5.74) is 0.592. The third kappa shape index (κ3) is 5.06. The van der Waals surface area contributed by atoms with Gasteiger partial charge in [0.15, 0.2) is 0 Å². The molecule has 0 fully saturated rings. The van der Waals surface area contributed by atoms with Crippen LogP contribution in [0.3, 0.4) is 0 Å². The van der Waals surface area contributed by atoms with E-state index in [0.717, 1.165) is 0 Å². The summed E-state index contributed by atoms with van der Waals surface area (Å²) in [6.07, 6.45) is 0.314. The molecule has 0 aliphatic heterocycles. The monoisotopic (exact) mass is 296 g/mol. The fraction of sp³-hybridized carbons (Fsp3) is 0.467. The van der Waals surface area contributed by atoms with Crippen molar-refractivity contribution in [3.05, 3.63) is 29.6 Å². The van der Waals surface area contributed by atoms with Crippen LogP contribution in [0.2, 0.25) is 0 Å². The molecule has 5 nitrogen and oxygen atoms in total. The molecule has 0 heterocycles. The molecular formula is C15H21FN2O3. The Kier molecular flexibility index (Phi) is 6.14. The van der Waals surface area contributed by atoms with Gasteiger partial charge in [-0.1, -0.05) is 6.92 Å². The molecule has 21 heavy (non-hydrogen) atoms. The summed E-state index contributed by atoms with van der Waals surface area (Å²) in [7, 11) is 1.45. The van der Waals surface area contributed by atoms with Crippen molar-refractivity contribution in [2.45, 2.75) is 39.3 Å². The van der Waals surface area contributed by atoms with E-state index in [1.807, 2.05) is 0 Å². The quantitative estimate of drug-likeness (QED) is 0.843. The molecule has 0 aliphatic carbocycles. The molecule has 2 amide bonds. The summed E-state index contributed by atoms with van der Waals surface area (Å²) in [6.45, 7) is 5.05. The first-order valence-corrected chi connectivity index (χ1v) is 6.81. The van der Waals surface area contributed by atoms with Crippen molar-refractivity contribution < 1.29 is 18.7 Å². The third-order valence-corrected chi connectivity index (χ3v) is 3.08. The van der Waals surface area contributed by atoms with Crippen LogP contribution in [-0.4, -0.2) is 25.0 Å².